The van der Waals surface area contributed by atoms with Crippen molar-refractivity contribution in [3.8, 4) is 5.75 Å². The van der Waals surface area contributed by atoms with Gasteiger partial charge in [-0.15, -0.1) is 0 Å². The van der Waals surface area contributed by atoms with Gasteiger partial charge in [-0.3, -0.25) is 13.9 Å². The molecule has 0 spiro atoms. The summed E-state index contributed by atoms with van der Waals surface area (Å²) in [4.78, 5) is 28.4. The first-order valence-electron chi connectivity index (χ1n) is 7.09. The van der Waals surface area contributed by atoms with Gasteiger partial charge in [0.1, 0.15) is 12.4 Å². The van der Waals surface area contributed by atoms with Gasteiger partial charge in [0.25, 0.3) is 5.56 Å². The maximum atomic E-state index is 12.3. The highest BCUT2D eigenvalue weighted by molar-refractivity contribution is 6.35. The standard InChI is InChI=1S/C15H14Cl2N4O3/c1-19-13-12(14(22)20(2)15(19)23)21(8-18-13)5-6-24-11-4-3-9(16)7-10(11)17/h3-4,7-8H,5-6H2,1-2H3. The van der Waals surface area contributed by atoms with Gasteiger partial charge in [-0.2, -0.15) is 0 Å². The van der Waals surface area contributed by atoms with E-state index >= 15 is 0 Å². The van der Waals surface area contributed by atoms with E-state index in [1.807, 2.05) is 0 Å². The topological polar surface area (TPSA) is 71.0 Å². The van der Waals surface area contributed by atoms with E-state index in [2.05, 4.69) is 4.98 Å². The summed E-state index contributed by atoms with van der Waals surface area (Å²) in [5, 5.41) is 0.939. The molecule has 0 aliphatic heterocycles. The van der Waals surface area contributed by atoms with Gasteiger partial charge in [-0.25, -0.2) is 9.78 Å². The average molecular weight is 369 g/mol. The number of aryl methyl sites for hydroxylation is 1. The van der Waals surface area contributed by atoms with Crippen LogP contribution in [-0.2, 0) is 20.6 Å². The van der Waals surface area contributed by atoms with Gasteiger partial charge in [-0.05, 0) is 18.2 Å². The zero-order chi connectivity index (χ0) is 17.4. The third-order valence-corrected chi connectivity index (χ3v) is 4.23. The number of hydrogen-bond donors (Lipinski definition) is 0. The summed E-state index contributed by atoms with van der Waals surface area (Å²) < 4.78 is 9.67. The molecule has 24 heavy (non-hydrogen) atoms. The van der Waals surface area contributed by atoms with Crippen molar-refractivity contribution < 1.29 is 4.74 Å². The second-order valence-corrected chi connectivity index (χ2v) is 6.08. The van der Waals surface area contributed by atoms with Gasteiger partial charge < -0.3 is 9.30 Å². The van der Waals surface area contributed by atoms with Crippen LogP contribution in [0.25, 0.3) is 11.2 Å². The number of rotatable bonds is 4. The number of nitrogens with zero attached hydrogens (tertiary/aromatic N) is 4. The zero-order valence-electron chi connectivity index (χ0n) is 13.0. The molecule has 2 heterocycles. The Morgan fingerprint density at radius 2 is 1.92 bits per heavy atom. The van der Waals surface area contributed by atoms with Gasteiger partial charge >= 0.3 is 5.69 Å². The van der Waals surface area contributed by atoms with Crippen LogP contribution in [0.15, 0.2) is 34.1 Å². The van der Waals surface area contributed by atoms with Crippen LogP contribution in [0.4, 0.5) is 0 Å². The molecule has 126 valence electrons. The SMILES string of the molecule is Cn1c(=O)c2c(ncn2CCOc2ccc(Cl)cc2Cl)n(C)c1=O. The molecular formula is C15H14Cl2N4O3. The Hall–Kier alpha value is -2.25. The summed E-state index contributed by atoms with van der Waals surface area (Å²) in [5.41, 5.74) is -0.116. The number of benzene rings is 1. The molecule has 0 atom stereocenters. The first kappa shape index (κ1) is 16.6. The van der Waals surface area contributed by atoms with Crippen LogP contribution in [-0.4, -0.2) is 25.3 Å². The highest BCUT2D eigenvalue weighted by Crippen LogP contribution is 2.27. The van der Waals surface area contributed by atoms with Crippen LogP contribution in [0.2, 0.25) is 10.0 Å². The first-order chi connectivity index (χ1) is 11.4. The van der Waals surface area contributed by atoms with Gasteiger partial charge in [0.15, 0.2) is 11.2 Å². The van der Waals surface area contributed by atoms with Crippen molar-refractivity contribution in [2.45, 2.75) is 6.54 Å². The lowest BCUT2D eigenvalue weighted by Gasteiger charge is -2.10. The number of ether oxygens (including phenoxy) is 1. The van der Waals surface area contributed by atoms with Crippen LogP contribution >= 0.6 is 23.2 Å². The molecule has 0 bridgehead atoms. The van der Waals surface area contributed by atoms with Crippen molar-refractivity contribution in [1.29, 1.82) is 0 Å². The van der Waals surface area contributed by atoms with Crippen molar-refractivity contribution in [2.75, 3.05) is 6.61 Å². The molecule has 0 radical (unpaired) electrons. The Morgan fingerprint density at radius 3 is 2.62 bits per heavy atom. The summed E-state index contributed by atoms with van der Waals surface area (Å²) in [5.74, 6) is 0.505. The summed E-state index contributed by atoms with van der Waals surface area (Å²) in [6.45, 7) is 0.654. The third-order valence-electron chi connectivity index (χ3n) is 3.70. The number of aromatic nitrogens is 4. The minimum atomic E-state index is -0.415. The molecule has 0 N–H and O–H groups in total. The van der Waals surface area contributed by atoms with Gasteiger partial charge in [0.2, 0.25) is 0 Å². The van der Waals surface area contributed by atoms with Gasteiger partial charge in [0.05, 0.1) is 17.9 Å². The number of hydrogen-bond acceptors (Lipinski definition) is 4. The summed E-state index contributed by atoms with van der Waals surface area (Å²) in [6, 6.07) is 4.96. The predicted octanol–water partition coefficient (Wildman–Crippen LogP) is 1.82. The summed E-state index contributed by atoms with van der Waals surface area (Å²) in [6.07, 6.45) is 1.51. The molecule has 0 saturated carbocycles. The highest BCUT2D eigenvalue weighted by Gasteiger charge is 2.14. The van der Waals surface area contributed by atoms with Gasteiger partial charge in [0, 0.05) is 19.1 Å². The van der Waals surface area contributed by atoms with E-state index in [-0.39, 0.29) is 6.61 Å². The smallest absolute Gasteiger partial charge is 0.332 e. The molecule has 3 aromatic rings. The third kappa shape index (κ3) is 2.81. The second kappa shape index (κ2) is 6.33. The Kier molecular flexibility index (Phi) is 4.38. The maximum absolute atomic E-state index is 12.3. The van der Waals surface area contributed by atoms with E-state index in [0.717, 1.165) is 4.57 Å². The quantitative estimate of drug-likeness (QED) is 0.704. The Morgan fingerprint density at radius 1 is 1.17 bits per heavy atom. The highest BCUT2D eigenvalue weighted by atomic mass is 35.5. The van der Waals surface area contributed by atoms with Crippen LogP contribution in [0.1, 0.15) is 0 Å². The molecule has 3 rings (SSSR count). The molecule has 0 saturated heterocycles. The zero-order valence-corrected chi connectivity index (χ0v) is 14.5. The Balaban J connectivity index is 1.86. The van der Waals surface area contributed by atoms with E-state index in [0.29, 0.717) is 33.5 Å². The fourth-order valence-electron chi connectivity index (χ4n) is 2.41. The Bertz CT molecular complexity index is 1040. The fourth-order valence-corrected chi connectivity index (χ4v) is 2.88. The van der Waals surface area contributed by atoms with E-state index in [1.165, 1.54) is 17.9 Å². The number of fused-ring (bicyclic) bond motifs is 1. The minimum Gasteiger partial charge on any atom is -0.490 e. The molecule has 7 nitrogen and oxygen atoms in total. The largest absolute Gasteiger partial charge is 0.490 e. The van der Waals surface area contributed by atoms with E-state index in [9.17, 15) is 9.59 Å². The maximum Gasteiger partial charge on any atom is 0.332 e. The predicted molar refractivity (Wildman–Crippen MR) is 92.2 cm³/mol. The summed E-state index contributed by atoms with van der Waals surface area (Å²) >= 11 is 11.9. The van der Waals surface area contributed by atoms with Crippen molar-refractivity contribution in [3.05, 3.63) is 55.4 Å². The molecule has 0 fully saturated rings. The van der Waals surface area contributed by atoms with Crippen molar-refractivity contribution in [3.63, 3.8) is 0 Å². The van der Waals surface area contributed by atoms with Crippen molar-refractivity contribution >= 4 is 34.4 Å². The lowest BCUT2D eigenvalue weighted by Crippen LogP contribution is -2.37. The Labute approximate surface area is 146 Å². The molecule has 0 aliphatic rings. The molecule has 2 aromatic heterocycles. The molecule has 1 aromatic carbocycles. The van der Waals surface area contributed by atoms with E-state index in [4.69, 9.17) is 27.9 Å². The van der Waals surface area contributed by atoms with E-state index in [1.54, 1.807) is 29.8 Å². The molecule has 9 heteroatoms. The van der Waals surface area contributed by atoms with Gasteiger partial charge in [-0.1, -0.05) is 23.2 Å². The molecule has 0 amide bonds. The summed E-state index contributed by atoms with van der Waals surface area (Å²) in [7, 11) is 3.01. The van der Waals surface area contributed by atoms with Crippen LogP contribution in [0, 0.1) is 0 Å². The monoisotopic (exact) mass is 368 g/mol. The fraction of sp³-hybridized carbons (Fsp3) is 0.267. The molecule has 0 unspecified atom stereocenters. The van der Waals surface area contributed by atoms with Crippen molar-refractivity contribution in [1.82, 2.24) is 18.7 Å². The molecular weight excluding hydrogens is 355 g/mol. The lowest BCUT2D eigenvalue weighted by molar-refractivity contribution is 0.300. The average Bonchev–Trinajstić information content (AvgIpc) is 2.97. The first-order valence-corrected chi connectivity index (χ1v) is 7.84. The normalized spacial score (nSPS) is 11.2. The van der Waals surface area contributed by atoms with Crippen molar-refractivity contribution in [2.24, 2.45) is 14.1 Å². The molecule has 0 aliphatic carbocycles. The van der Waals surface area contributed by atoms with Crippen LogP contribution in [0.5, 0.6) is 5.75 Å². The number of halogens is 2. The minimum absolute atomic E-state index is 0.277. The van der Waals surface area contributed by atoms with Crippen LogP contribution in [0.3, 0.4) is 0 Å². The van der Waals surface area contributed by atoms with E-state index < -0.39 is 11.2 Å². The van der Waals surface area contributed by atoms with Crippen LogP contribution < -0.4 is 16.0 Å². The second-order valence-electron chi connectivity index (χ2n) is 5.24. The lowest BCUT2D eigenvalue weighted by atomic mass is 10.3. The number of imidazole rings is 1.